The van der Waals surface area contributed by atoms with Gasteiger partial charge < -0.3 is 19.5 Å². The lowest BCUT2D eigenvalue weighted by molar-refractivity contribution is 0.169. The summed E-state index contributed by atoms with van der Waals surface area (Å²) in [6.45, 7) is 4.06. The van der Waals surface area contributed by atoms with E-state index in [-0.39, 0.29) is 0 Å². The second kappa shape index (κ2) is 9.44. The fourth-order valence-corrected chi connectivity index (χ4v) is 4.36. The smallest absolute Gasteiger partial charge is 0.165 e. The van der Waals surface area contributed by atoms with Crippen molar-refractivity contribution in [1.29, 1.82) is 0 Å². The number of fused-ring (bicyclic) bond motifs is 1. The number of nitrogens with one attached hydrogen (secondary N) is 1. The van der Waals surface area contributed by atoms with Gasteiger partial charge in [0.2, 0.25) is 0 Å². The molecule has 1 fully saturated rings. The number of hydrogen-bond donors (Lipinski definition) is 1. The lowest BCUT2D eigenvalue weighted by atomic mass is 9.92. The Balaban J connectivity index is 1.18. The number of benzene rings is 1. The van der Waals surface area contributed by atoms with Gasteiger partial charge in [-0.15, -0.1) is 0 Å². The predicted molar refractivity (Wildman–Crippen MR) is 123 cm³/mol. The average Bonchev–Trinajstić information content (AvgIpc) is 2.85. The number of rotatable bonds is 6. The highest BCUT2D eigenvalue weighted by Crippen LogP contribution is 2.38. The quantitative estimate of drug-likeness (QED) is 0.620. The first-order chi connectivity index (χ1) is 15.8. The summed E-state index contributed by atoms with van der Waals surface area (Å²) < 4.78 is 17.1. The Labute approximate surface area is 188 Å². The van der Waals surface area contributed by atoms with Crippen molar-refractivity contribution in [3.8, 4) is 17.2 Å². The molecule has 3 aromatic rings. The van der Waals surface area contributed by atoms with E-state index in [0.717, 1.165) is 72.5 Å². The van der Waals surface area contributed by atoms with Crippen LogP contribution in [0.1, 0.15) is 30.0 Å². The third kappa shape index (κ3) is 4.62. The van der Waals surface area contributed by atoms with Gasteiger partial charge in [-0.05, 0) is 56.3 Å². The van der Waals surface area contributed by atoms with Gasteiger partial charge in [-0.1, -0.05) is 6.07 Å². The van der Waals surface area contributed by atoms with E-state index in [2.05, 4.69) is 33.4 Å². The zero-order chi connectivity index (χ0) is 21.8. The molecule has 0 amide bonds. The molecule has 0 unspecified atom stereocenters. The summed E-state index contributed by atoms with van der Waals surface area (Å²) in [5.41, 5.74) is 3.25. The molecule has 4 heterocycles. The van der Waals surface area contributed by atoms with Crippen molar-refractivity contribution in [3.05, 3.63) is 66.1 Å². The Morgan fingerprint density at radius 2 is 1.84 bits per heavy atom. The van der Waals surface area contributed by atoms with Gasteiger partial charge in [0.25, 0.3) is 0 Å². The Kier molecular flexibility index (Phi) is 6.07. The summed E-state index contributed by atoms with van der Waals surface area (Å²) in [7, 11) is 1.71. The van der Waals surface area contributed by atoms with Gasteiger partial charge in [-0.3, -0.25) is 9.88 Å². The Morgan fingerprint density at radius 1 is 1.03 bits per heavy atom. The van der Waals surface area contributed by atoms with Gasteiger partial charge in [-0.2, -0.15) is 0 Å². The number of pyridine rings is 2. The molecular formula is C25H28N4O3. The second-order valence-electron chi connectivity index (χ2n) is 8.17. The van der Waals surface area contributed by atoms with Crippen molar-refractivity contribution in [3.63, 3.8) is 0 Å². The van der Waals surface area contributed by atoms with Crippen molar-refractivity contribution in [2.75, 3.05) is 38.7 Å². The van der Waals surface area contributed by atoms with Crippen LogP contribution in [-0.2, 0) is 6.54 Å². The first-order valence-corrected chi connectivity index (χ1v) is 11.1. The van der Waals surface area contributed by atoms with E-state index >= 15 is 0 Å². The van der Waals surface area contributed by atoms with E-state index < -0.39 is 0 Å². The van der Waals surface area contributed by atoms with Crippen LogP contribution in [0, 0.1) is 0 Å². The van der Waals surface area contributed by atoms with Crippen LogP contribution >= 0.6 is 0 Å². The van der Waals surface area contributed by atoms with Gasteiger partial charge in [0.15, 0.2) is 11.5 Å². The highest BCUT2D eigenvalue weighted by atomic mass is 16.6. The molecule has 7 heteroatoms. The molecule has 2 aromatic heterocycles. The van der Waals surface area contributed by atoms with Gasteiger partial charge in [0, 0.05) is 36.0 Å². The zero-order valence-electron chi connectivity index (χ0n) is 18.3. The maximum absolute atomic E-state index is 5.76. The number of methoxy groups -OCH3 is 1. The maximum atomic E-state index is 5.76. The molecule has 0 spiro atoms. The second-order valence-corrected chi connectivity index (χ2v) is 8.17. The topological polar surface area (TPSA) is 68.7 Å². The summed E-state index contributed by atoms with van der Waals surface area (Å²) in [6.07, 6.45) is 5.86. The number of nitrogens with zero attached hydrogens (tertiary/aromatic N) is 3. The number of likely N-dealkylation sites (tertiary alicyclic amines) is 1. The molecular weight excluding hydrogens is 404 g/mol. The predicted octanol–water partition coefficient (Wildman–Crippen LogP) is 4.38. The van der Waals surface area contributed by atoms with Crippen LogP contribution in [0.25, 0.3) is 0 Å². The number of aromatic nitrogens is 2. The van der Waals surface area contributed by atoms with E-state index in [1.54, 1.807) is 13.3 Å². The van der Waals surface area contributed by atoms with Crippen molar-refractivity contribution >= 4 is 11.5 Å². The minimum absolute atomic E-state index is 0.484. The molecule has 2 aliphatic heterocycles. The van der Waals surface area contributed by atoms with Crippen LogP contribution in [0.2, 0.25) is 0 Å². The monoisotopic (exact) mass is 432 g/mol. The minimum Gasteiger partial charge on any atom is -0.496 e. The first kappa shape index (κ1) is 20.6. The molecule has 0 atom stereocenters. The molecule has 1 aromatic carbocycles. The largest absolute Gasteiger partial charge is 0.496 e. The van der Waals surface area contributed by atoms with Crippen molar-refractivity contribution in [1.82, 2.24) is 14.9 Å². The van der Waals surface area contributed by atoms with Crippen LogP contribution in [0.4, 0.5) is 11.5 Å². The standard InChI is InChI=1S/C25H28N4O3/c1-30-22-15-24-23(31-12-13-32-24)14-19(22)17-29-10-7-18(8-11-29)21-6-5-20(16-27-21)28-25-4-2-3-9-26-25/h2-6,9,14-16,18H,7-8,10-13,17H2,1H3,(H,26,28). The third-order valence-electron chi connectivity index (χ3n) is 6.07. The van der Waals surface area contributed by atoms with E-state index in [0.29, 0.717) is 19.1 Å². The minimum atomic E-state index is 0.484. The Hall–Kier alpha value is -3.32. The van der Waals surface area contributed by atoms with Gasteiger partial charge in [0.05, 0.1) is 19.0 Å². The molecule has 2 aliphatic rings. The van der Waals surface area contributed by atoms with Crippen molar-refractivity contribution in [2.24, 2.45) is 0 Å². The lowest BCUT2D eigenvalue weighted by Gasteiger charge is -2.32. The van der Waals surface area contributed by atoms with E-state index in [4.69, 9.17) is 19.2 Å². The summed E-state index contributed by atoms with van der Waals surface area (Å²) in [4.78, 5) is 11.5. The highest BCUT2D eigenvalue weighted by molar-refractivity contribution is 5.54. The van der Waals surface area contributed by atoms with E-state index in [1.807, 2.05) is 30.5 Å². The lowest BCUT2D eigenvalue weighted by Crippen LogP contribution is -2.32. The molecule has 0 radical (unpaired) electrons. The first-order valence-electron chi connectivity index (χ1n) is 11.1. The SMILES string of the molecule is COc1cc2c(cc1CN1CCC(c3ccc(Nc4ccccn4)cn3)CC1)OCCO2. The van der Waals surface area contributed by atoms with Gasteiger partial charge >= 0.3 is 0 Å². The normalized spacial score (nSPS) is 16.5. The number of ether oxygens (including phenoxy) is 3. The average molecular weight is 433 g/mol. The van der Waals surface area contributed by atoms with Crippen LogP contribution < -0.4 is 19.5 Å². The molecule has 1 N–H and O–H groups in total. The molecule has 1 saturated heterocycles. The van der Waals surface area contributed by atoms with Gasteiger partial charge in [0.1, 0.15) is 24.8 Å². The zero-order valence-corrected chi connectivity index (χ0v) is 18.3. The van der Waals surface area contributed by atoms with Crippen LogP contribution in [0.3, 0.4) is 0 Å². The summed E-state index contributed by atoms with van der Waals surface area (Å²) in [6, 6.07) is 14.0. The van der Waals surface area contributed by atoms with E-state index in [9.17, 15) is 0 Å². The highest BCUT2D eigenvalue weighted by Gasteiger charge is 2.24. The molecule has 166 valence electrons. The molecule has 32 heavy (non-hydrogen) atoms. The van der Waals surface area contributed by atoms with Crippen LogP contribution in [0.15, 0.2) is 54.9 Å². The number of anilines is 2. The fourth-order valence-electron chi connectivity index (χ4n) is 4.36. The van der Waals surface area contributed by atoms with Gasteiger partial charge in [-0.25, -0.2) is 4.98 Å². The van der Waals surface area contributed by atoms with Crippen LogP contribution in [0.5, 0.6) is 17.2 Å². The Bertz CT molecular complexity index is 1040. The number of hydrogen-bond acceptors (Lipinski definition) is 7. The molecule has 7 nitrogen and oxygen atoms in total. The van der Waals surface area contributed by atoms with Crippen molar-refractivity contribution < 1.29 is 14.2 Å². The third-order valence-corrected chi connectivity index (χ3v) is 6.07. The summed E-state index contributed by atoms with van der Waals surface area (Å²) in [5, 5.41) is 3.29. The van der Waals surface area contributed by atoms with E-state index in [1.165, 1.54) is 0 Å². The maximum Gasteiger partial charge on any atom is 0.165 e. The van der Waals surface area contributed by atoms with Crippen molar-refractivity contribution in [2.45, 2.75) is 25.3 Å². The molecule has 0 aliphatic carbocycles. The fraction of sp³-hybridized carbons (Fsp3) is 0.360. The number of piperidine rings is 1. The molecule has 0 bridgehead atoms. The molecule has 0 saturated carbocycles. The Morgan fingerprint density at radius 3 is 2.53 bits per heavy atom. The summed E-state index contributed by atoms with van der Waals surface area (Å²) >= 11 is 0. The van der Waals surface area contributed by atoms with Crippen LogP contribution in [-0.4, -0.2) is 48.3 Å². The summed E-state index contributed by atoms with van der Waals surface area (Å²) in [5.74, 6) is 3.74. The molecule has 5 rings (SSSR count).